The Morgan fingerprint density at radius 3 is 2.90 bits per heavy atom. The number of fused-ring (bicyclic) bond motifs is 1. The average Bonchev–Trinajstić information content (AvgIpc) is 2.85. The van der Waals surface area contributed by atoms with Crippen molar-refractivity contribution in [3.05, 3.63) is 47.9 Å². The first kappa shape index (κ1) is 20.1. The monoisotopic (exact) mass is 396 g/mol. The van der Waals surface area contributed by atoms with Crippen LogP contribution in [0.25, 0.3) is 0 Å². The zero-order valence-electron chi connectivity index (χ0n) is 16.4. The Hall–Kier alpha value is -3.66. The van der Waals surface area contributed by atoms with Gasteiger partial charge in [-0.1, -0.05) is 6.07 Å². The molecule has 3 rings (SSSR count). The summed E-state index contributed by atoms with van der Waals surface area (Å²) in [6.45, 7) is 3.70. The van der Waals surface area contributed by atoms with Crippen LogP contribution in [0.5, 0.6) is 0 Å². The van der Waals surface area contributed by atoms with Crippen LogP contribution in [0.4, 0.5) is 23.1 Å². The number of hydrogen-bond acceptors (Lipinski definition) is 9. The van der Waals surface area contributed by atoms with Gasteiger partial charge in [-0.15, -0.1) is 0 Å². The Bertz CT molecular complexity index is 946. The second-order valence-corrected chi connectivity index (χ2v) is 6.51. The van der Waals surface area contributed by atoms with Crippen molar-refractivity contribution >= 4 is 35.3 Å². The topological polar surface area (TPSA) is 134 Å². The standard InChI is InChI=1S/C19H24N8O2/c1-3-22-19-23-10-16-17(24-19)25(2)7-8-26(18(16)29)14-5-4-6-15(9-14)27(21)11-13(20)12-28/h4-6,9-12H,3,7-8,20-21H2,1-2H3,(H,22,23,24)/b13-11-. The maximum absolute atomic E-state index is 13.2. The van der Waals surface area contributed by atoms with Gasteiger partial charge in [-0.25, -0.2) is 10.8 Å². The summed E-state index contributed by atoms with van der Waals surface area (Å²) in [6, 6.07) is 7.11. The van der Waals surface area contributed by atoms with Crippen LogP contribution in [0, 0.1) is 0 Å². The van der Waals surface area contributed by atoms with Crippen molar-refractivity contribution in [1.29, 1.82) is 0 Å². The van der Waals surface area contributed by atoms with E-state index >= 15 is 0 Å². The maximum atomic E-state index is 13.2. The minimum absolute atomic E-state index is 0.00653. The van der Waals surface area contributed by atoms with Crippen LogP contribution in [0.3, 0.4) is 0 Å². The van der Waals surface area contributed by atoms with Gasteiger partial charge in [-0.05, 0) is 25.1 Å². The van der Waals surface area contributed by atoms with E-state index in [1.807, 2.05) is 24.9 Å². The summed E-state index contributed by atoms with van der Waals surface area (Å²) in [6.07, 6.45) is 3.37. The molecule has 0 atom stereocenters. The minimum atomic E-state index is -0.198. The quantitative estimate of drug-likeness (QED) is 0.279. The van der Waals surface area contributed by atoms with Gasteiger partial charge >= 0.3 is 0 Å². The fourth-order valence-corrected chi connectivity index (χ4v) is 2.99. The number of carbonyl (C=O) groups excluding carboxylic acids is 2. The van der Waals surface area contributed by atoms with Gasteiger partial charge in [-0.3, -0.25) is 14.6 Å². The van der Waals surface area contributed by atoms with Crippen molar-refractivity contribution in [1.82, 2.24) is 9.97 Å². The van der Waals surface area contributed by atoms with E-state index in [9.17, 15) is 9.59 Å². The van der Waals surface area contributed by atoms with E-state index in [4.69, 9.17) is 11.6 Å². The van der Waals surface area contributed by atoms with E-state index in [-0.39, 0.29) is 11.6 Å². The highest BCUT2D eigenvalue weighted by Crippen LogP contribution is 2.28. The molecule has 0 saturated heterocycles. The highest BCUT2D eigenvalue weighted by Gasteiger charge is 2.28. The molecular weight excluding hydrogens is 372 g/mol. The summed E-state index contributed by atoms with van der Waals surface area (Å²) < 4.78 is 0. The van der Waals surface area contributed by atoms with Crippen LogP contribution in [0.15, 0.2) is 42.4 Å². The molecule has 152 valence electrons. The number of likely N-dealkylation sites (N-methyl/N-ethyl adjacent to an activating group) is 1. The van der Waals surface area contributed by atoms with Crippen molar-refractivity contribution in [2.45, 2.75) is 6.92 Å². The van der Waals surface area contributed by atoms with Crippen molar-refractivity contribution < 1.29 is 9.59 Å². The number of amides is 1. The van der Waals surface area contributed by atoms with Crippen LogP contribution in [-0.2, 0) is 4.79 Å². The predicted octanol–water partition coefficient (Wildman–Crippen LogP) is 0.684. The van der Waals surface area contributed by atoms with Gasteiger partial charge in [0.2, 0.25) is 5.95 Å². The van der Waals surface area contributed by atoms with E-state index in [2.05, 4.69) is 15.3 Å². The molecule has 2 heterocycles. The van der Waals surface area contributed by atoms with Crippen LogP contribution in [0.1, 0.15) is 17.3 Å². The molecule has 1 aromatic heterocycles. The summed E-state index contributed by atoms with van der Waals surface area (Å²) in [7, 11) is 1.89. The molecule has 0 radical (unpaired) electrons. The number of hydrogen-bond donors (Lipinski definition) is 3. The van der Waals surface area contributed by atoms with Crippen molar-refractivity contribution in [2.24, 2.45) is 11.6 Å². The summed E-state index contributed by atoms with van der Waals surface area (Å²) >= 11 is 0. The van der Waals surface area contributed by atoms with Crippen LogP contribution in [0.2, 0.25) is 0 Å². The number of allylic oxidation sites excluding steroid dienone is 1. The van der Waals surface area contributed by atoms with Gasteiger partial charge in [0.25, 0.3) is 5.91 Å². The Kier molecular flexibility index (Phi) is 5.93. The number of rotatable bonds is 6. The molecule has 0 fully saturated rings. The predicted molar refractivity (Wildman–Crippen MR) is 113 cm³/mol. The number of benzene rings is 1. The van der Waals surface area contributed by atoms with Gasteiger partial charge in [0.1, 0.15) is 11.4 Å². The van der Waals surface area contributed by atoms with Crippen LogP contribution < -0.4 is 31.7 Å². The van der Waals surface area contributed by atoms with Gasteiger partial charge < -0.3 is 20.9 Å². The Morgan fingerprint density at radius 1 is 1.38 bits per heavy atom. The Labute approximate surface area is 168 Å². The lowest BCUT2D eigenvalue weighted by molar-refractivity contribution is -0.105. The number of anilines is 4. The van der Waals surface area contributed by atoms with Crippen LogP contribution >= 0.6 is 0 Å². The molecule has 1 aliphatic rings. The Morgan fingerprint density at radius 2 is 2.17 bits per heavy atom. The highest BCUT2D eigenvalue weighted by molar-refractivity contribution is 6.09. The lowest BCUT2D eigenvalue weighted by atomic mass is 10.2. The average molecular weight is 396 g/mol. The molecule has 2 aromatic rings. The lowest BCUT2D eigenvalue weighted by Crippen LogP contribution is -2.34. The minimum Gasteiger partial charge on any atom is -0.395 e. The zero-order chi connectivity index (χ0) is 21.0. The largest absolute Gasteiger partial charge is 0.395 e. The summed E-state index contributed by atoms with van der Waals surface area (Å²) in [5.41, 5.74) is 7.18. The number of carbonyl (C=O) groups is 2. The van der Waals surface area contributed by atoms with E-state index in [1.54, 1.807) is 29.3 Å². The maximum Gasteiger partial charge on any atom is 0.263 e. The Balaban J connectivity index is 1.95. The van der Waals surface area contributed by atoms with E-state index in [0.29, 0.717) is 54.6 Å². The second kappa shape index (κ2) is 8.57. The number of aromatic nitrogens is 2. The summed E-state index contributed by atoms with van der Waals surface area (Å²) in [5, 5.41) is 4.30. The fraction of sp³-hybridized carbons (Fsp3) is 0.263. The lowest BCUT2D eigenvalue weighted by Gasteiger charge is -2.23. The molecule has 10 heteroatoms. The number of aldehydes is 1. The molecule has 0 saturated carbocycles. The fourth-order valence-electron chi connectivity index (χ4n) is 2.99. The molecule has 1 aliphatic heterocycles. The van der Waals surface area contributed by atoms with E-state index in [1.165, 1.54) is 11.2 Å². The van der Waals surface area contributed by atoms with Gasteiger partial charge in [0.05, 0.1) is 11.4 Å². The van der Waals surface area contributed by atoms with Gasteiger partial charge in [0.15, 0.2) is 6.29 Å². The molecule has 0 unspecified atom stereocenters. The molecule has 1 amide bonds. The third kappa shape index (κ3) is 4.27. The molecule has 29 heavy (non-hydrogen) atoms. The van der Waals surface area contributed by atoms with Crippen molar-refractivity contribution in [3.63, 3.8) is 0 Å². The molecule has 1 aromatic carbocycles. The number of nitrogens with two attached hydrogens (primary N) is 2. The summed E-state index contributed by atoms with van der Waals surface area (Å²) in [4.78, 5) is 36.3. The molecule has 10 nitrogen and oxygen atoms in total. The summed E-state index contributed by atoms with van der Waals surface area (Å²) in [5.74, 6) is 6.83. The molecule has 0 bridgehead atoms. The molecule has 0 spiro atoms. The third-order valence-corrected chi connectivity index (χ3v) is 4.46. The van der Waals surface area contributed by atoms with Gasteiger partial charge in [0, 0.05) is 44.8 Å². The van der Waals surface area contributed by atoms with Gasteiger partial charge in [-0.2, -0.15) is 4.98 Å². The van der Waals surface area contributed by atoms with E-state index < -0.39 is 0 Å². The number of nitrogens with one attached hydrogen (secondary N) is 1. The molecule has 5 N–H and O–H groups in total. The molecule has 0 aliphatic carbocycles. The SMILES string of the molecule is CCNc1ncc2c(n1)N(C)CCN(c1cccc(N(N)/C=C(\N)C=O)c1)C2=O. The number of nitrogens with zero attached hydrogens (tertiary/aromatic N) is 5. The number of hydrazine groups is 1. The zero-order valence-corrected chi connectivity index (χ0v) is 16.4. The third-order valence-electron chi connectivity index (χ3n) is 4.46. The highest BCUT2D eigenvalue weighted by atomic mass is 16.2. The molecular formula is C19H24N8O2. The first-order valence-electron chi connectivity index (χ1n) is 9.15. The van der Waals surface area contributed by atoms with Crippen molar-refractivity contribution in [3.8, 4) is 0 Å². The second-order valence-electron chi connectivity index (χ2n) is 6.51. The first-order valence-corrected chi connectivity index (χ1v) is 9.15. The first-order chi connectivity index (χ1) is 13.9. The van der Waals surface area contributed by atoms with Crippen molar-refractivity contribution in [2.75, 3.05) is 46.8 Å². The normalized spacial score (nSPS) is 14.3. The van der Waals surface area contributed by atoms with E-state index in [0.717, 1.165) is 0 Å². The smallest absolute Gasteiger partial charge is 0.263 e. The van der Waals surface area contributed by atoms with Crippen LogP contribution in [-0.4, -0.2) is 48.8 Å².